The third-order valence-corrected chi connectivity index (χ3v) is 6.90. The summed E-state index contributed by atoms with van der Waals surface area (Å²) in [6.45, 7) is 2.03. The van der Waals surface area contributed by atoms with Crippen molar-refractivity contribution < 1.29 is 14.0 Å². The Morgan fingerprint density at radius 2 is 1.82 bits per heavy atom. The van der Waals surface area contributed by atoms with Crippen molar-refractivity contribution in [3.63, 3.8) is 0 Å². The zero-order chi connectivity index (χ0) is 27.6. The van der Waals surface area contributed by atoms with Gasteiger partial charge in [0.15, 0.2) is 5.84 Å². The number of aliphatic imine (C=N–C) groups is 1. The molecule has 202 valence electrons. The number of hydrogen-bond acceptors (Lipinski definition) is 7. The molecule has 0 radical (unpaired) electrons. The topological polar surface area (TPSA) is 95.0 Å². The summed E-state index contributed by atoms with van der Waals surface area (Å²) in [6.07, 6.45) is 2.20. The minimum absolute atomic E-state index is 0.113. The van der Waals surface area contributed by atoms with Crippen molar-refractivity contribution >= 4 is 11.6 Å². The summed E-state index contributed by atoms with van der Waals surface area (Å²) in [7, 11) is 1.50. The van der Waals surface area contributed by atoms with E-state index >= 15 is 4.39 Å². The largest absolute Gasteiger partial charge is 0.336 e. The number of ether oxygens (including phenoxy) is 1. The van der Waals surface area contributed by atoms with Crippen LogP contribution in [0.15, 0.2) is 88.9 Å². The maximum absolute atomic E-state index is 15.7. The fraction of sp³-hybridized carbons (Fsp3) is 0.200. The second kappa shape index (κ2) is 10.8. The lowest BCUT2D eigenvalue weighted by Crippen LogP contribution is -2.28. The molecule has 0 fully saturated rings. The van der Waals surface area contributed by atoms with Gasteiger partial charge in [-0.1, -0.05) is 67.9 Å². The fourth-order valence-corrected chi connectivity index (χ4v) is 5.02. The molecule has 0 saturated heterocycles. The van der Waals surface area contributed by atoms with Gasteiger partial charge in [0.2, 0.25) is 5.78 Å². The molecule has 10 heteroatoms. The first kappa shape index (κ1) is 25.6. The highest BCUT2D eigenvalue weighted by Crippen LogP contribution is 2.28. The number of halogens is 1. The van der Waals surface area contributed by atoms with E-state index in [1.165, 1.54) is 24.1 Å². The highest BCUT2D eigenvalue weighted by Gasteiger charge is 2.23. The number of hydrogen-bond donors (Lipinski definition) is 1. The second-order valence-corrected chi connectivity index (χ2v) is 9.39. The number of para-hydroxylation sites is 1. The number of nitrogens with zero attached hydrogens (tertiary/aromatic N) is 5. The number of aromatic nitrogens is 4. The Bertz CT molecular complexity index is 1780. The number of nitrogens with one attached hydrogen (secondary N) is 1. The van der Waals surface area contributed by atoms with Crippen molar-refractivity contribution in [2.24, 2.45) is 4.99 Å². The molecular weight excluding hydrogens is 511 g/mol. The molecule has 0 aliphatic carbocycles. The van der Waals surface area contributed by atoms with Crippen LogP contribution in [-0.4, -0.2) is 38.5 Å². The van der Waals surface area contributed by atoms with E-state index in [4.69, 9.17) is 9.57 Å². The summed E-state index contributed by atoms with van der Waals surface area (Å²) in [4.78, 5) is 28.0. The summed E-state index contributed by atoms with van der Waals surface area (Å²) < 4.78 is 24.1. The number of amidine groups is 1. The highest BCUT2D eigenvalue weighted by atomic mass is 19.1. The molecular formula is C30H27FN6O3. The van der Waals surface area contributed by atoms with E-state index in [1.807, 2.05) is 67.6 Å². The van der Waals surface area contributed by atoms with Gasteiger partial charge < -0.3 is 4.74 Å². The lowest BCUT2D eigenvalue weighted by atomic mass is 9.95. The molecule has 1 unspecified atom stereocenters. The van der Waals surface area contributed by atoms with Crippen LogP contribution < -0.4 is 11.0 Å². The molecule has 1 aliphatic rings. The van der Waals surface area contributed by atoms with E-state index in [0.29, 0.717) is 40.4 Å². The van der Waals surface area contributed by atoms with Crippen molar-refractivity contribution in [3.8, 4) is 16.8 Å². The van der Waals surface area contributed by atoms with E-state index in [1.54, 1.807) is 10.6 Å². The Morgan fingerprint density at radius 3 is 2.55 bits per heavy atom. The predicted molar refractivity (Wildman–Crippen MR) is 149 cm³/mol. The van der Waals surface area contributed by atoms with E-state index in [2.05, 4.69) is 20.6 Å². The average Bonchev–Trinajstić information content (AvgIpc) is 3.67. The normalized spacial score (nSPS) is 14.9. The molecule has 0 bridgehead atoms. The molecule has 0 spiro atoms. The van der Waals surface area contributed by atoms with Gasteiger partial charge in [-0.05, 0) is 41.3 Å². The summed E-state index contributed by atoms with van der Waals surface area (Å²) in [5, 5.41) is 4.42. The van der Waals surface area contributed by atoms with Gasteiger partial charge in [0, 0.05) is 24.7 Å². The van der Waals surface area contributed by atoms with E-state index in [-0.39, 0.29) is 12.0 Å². The Labute approximate surface area is 229 Å². The third kappa shape index (κ3) is 4.57. The van der Waals surface area contributed by atoms with Crippen LogP contribution in [0.1, 0.15) is 35.7 Å². The molecule has 2 aromatic heterocycles. The predicted octanol–water partition coefficient (Wildman–Crippen LogP) is 4.44. The van der Waals surface area contributed by atoms with E-state index in [9.17, 15) is 4.79 Å². The van der Waals surface area contributed by atoms with Gasteiger partial charge in [0.25, 0.3) is 12.0 Å². The molecule has 5 aromatic rings. The van der Waals surface area contributed by atoms with Crippen molar-refractivity contribution in [2.75, 3.05) is 7.11 Å². The van der Waals surface area contributed by atoms with Crippen molar-refractivity contribution in [3.05, 3.63) is 118 Å². The zero-order valence-corrected chi connectivity index (χ0v) is 22.0. The lowest BCUT2D eigenvalue weighted by Gasteiger charge is -2.16. The summed E-state index contributed by atoms with van der Waals surface area (Å²) in [5.74, 6) is 0.518. The quantitative estimate of drug-likeness (QED) is 0.314. The van der Waals surface area contributed by atoms with Crippen LogP contribution in [0.2, 0.25) is 0 Å². The standard InChI is InChI=1S/C30H27FN6O3/c1-3-9-26-24(28(38)36(21-10-5-4-6-11-21)29-32-18-33-37(26)29)16-20-15-14-19(17-25(20)31)22-12-7-8-13-23(22)27-34-30(39-2)40-35-27/h4-8,10-15,17-18,30H,3,9,16H2,1-2H3,(H,34,35). The lowest BCUT2D eigenvalue weighted by molar-refractivity contribution is -0.125. The van der Waals surface area contributed by atoms with Crippen LogP contribution in [0.3, 0.4) is 0 Å². The van der Waals surface area contributed by atoms with Crippen LogP contribution in [0, 0.1) is 5.82 Å². The second-order valence-electron chi connectivity index (χ2n) is 9.39. The molecule has 6 rings (SSSR count). The van der Waals surface area contributed by atoms with Crippen molar-refractivity contribution in [2.45, 2.75) is 32.6 Å². The minimum atomic E-state index is -0.748. The summed E-state index contributed by atoms with van der Waals surface area (Å²) in [5.41, 5.74) is 7.05. The van der Waals surface area contributed by atoms with Crippen LogP contribution >= 0.6 is 0 Å². The molecule has 0 amide bonds. The molecule has 1 atom stereocenters. The van der Waals surface area contributed by atoms with Crippen LogP contribution in [0.25, 0.3) is 22.6 Å². The first-order valence-corrected chi connectivity index (χ1v) is 13.0. The summed E-state index contributed by atoms with van der Waals surface area (Å²) in [6, 6.07) is 21.9. The third-order valence-electron chi connectivity index (χ3n) is 6.90. The zero-order valence-electron chi connectivity index (χ0n) is 22.0. The molecule has 40 heavy (non-hydrogen) atoms. The molecule has 0 saturated carbocycles. The van der Waals surface area contributed by atoms with Gasteiger partial charge in [-0.3, -0.25) is 4.79 Å². The maximum atomic E-state index is 15.7. The molecule has 1 aliphatic heterocycles. The molecule has 3 aromatic carbocycles. The fourth-order valence-electron chi connectivity index (χ4n) is 5.02. The van der Waals surface area contributed by atoms with Gasteiger partial charge in [0.1, 0.15) is 12.1 Å². The van der Waals surface area contributed by atoms with Crippen LogP contribution in [-0.2, 0) is 22.4 Å². The minimum Gasteiger partial charge on any atom is -0.336 e. The first-order valence-electron chi connectivity index (χ1n) is 13.0. The van der Waals surface area contributed by atoms with Gasteiger partial charge in [-0.25, -0.2) is 28.8 Å². The van der Waals surface area contributed by atoms with Gasteiger partial charge >= 0.3 is 0 Å². The van der Waals surface area contributed by atoms with Crippen molar-refractivity contribution in [1.82, 2.24) is 24.6 Å². The number of hydroxylamine groups is 1. The monoisotopic (exact) mass is 538 g/mol. The summed E-state index contributed by atoms with van der Waals surface area (Å²) >= 11 is 0. The Hall–Kier alpha value is -4.67. The van der Waals surface area contributed by atoms with Crippen LogP contribution in [0.4, 0.5) is 4.39 Å². The van der Waals surface area contributed by atoms with E-state index in [0.717, 1.165) is 23.2 Å². The maximum Gasteiger partial charge on any atom is 0.282 e. The SMILES string of the molecule is CCCc1c(Cc2ccc(-c3ccccc3C3=NC(OC)ON3)cc2F)c(=O)n(-c2ccccc2)c2ncnn12. The highest BCUT2D eigenvalue weighted by molar-refractivity contribution is 6.04. The molecule has 9 nitrogen and oxygen atoms in total. The van der Waals surface area contributed by atoms with E-state index < -0.39 is 12.2 Å². The Kier molecular flexibility index (Phi) is 6.93. The first-order chi connectivity index (χ1) is 19.6. The number of rotatable bonds is 8. The van der Waals surface area contributed by atoms with Gasteiger partial charge in [0.05, 0.1) is 11.4 Å². The molecule has 3 heterocycles. The number of aryl methyl sites for hydroxylation is 1. The molecule has 1 N–H and O–H groups in total. The van der Waals surface area contributed by atoms with Gasteiger partial charge in [-0.15, -0.1) is 0 Å². The Balaban J connectivity index is 1.42. The smallest absolute Gasteiger partial charge is 0.282 e. The number of fused-ring (bicyclic) bond motifs is 1. The van der Waals surface area contributed by atoms with Crippen LogP contribution in [0.5, 0.6) is 0 Å². The Morgan fingerprint density at radius 1 is 1.05 bits per heavy atom. The number of methoxy groups -OCH3 is 1. The van der Waals surface area contributed by atoms with Crippen molar-refractivity contribution in [1.29, 1.82) is 0 Å². The number of benzene rings is 3. The van der Waals surface area contributed by atoms with Gasteiger partial charge in [-0.2, -0.15) is 10.1 Å². The average molecular weight is 539 g/mol.